The number of carbonyl (C=O) groups excluding carboxylic acids is 2. The van der Waals surface area contributed by atoms with Crippen molar-refractivity contribution in [1.29, 1.82) is 0 Å². The average Bonchev–Trinajstić information content (AvgIpc) is 2.52. The molecule has 1 atom stereocenters. The fraction of sp³-hybridized carbons (Fsp3) is 0.222. The number of amides is 1. The molecule has 0 spiro atoms. The summed E-state index contributed by atoms with van der Waals surface area (Å²) in [6.45, 7) is 0. The predicted octanol–water partition coefficient (Wildman–Crippen LogP) is 2.55. The Morgan fingerprint density at radius 2 is 1.64 bits per heavy atom. The van der Waals surface area contributed by atoms with Crippen molar-refractivity contribution in [2.45, 2.75) is 18.9 Å². The lowest BCUT2D eigenvalue weighted by atomic mass is 10.0. The molecular formula is C18H16F3NO3. The van der Waals surface area contributed by atoms with Crippen LogP contribution >= 0.6 is 0 Å². The molecule has 0 aromatic heterocycles. The van der Waals surface area contributed by atoms with Crippen molar-refractivity contribution in [2.75, 3.05) is 7.11 Å². The van der Waals surface area contributed by atoms with Crippen LogP contribution in [0.25, 0.3) is 0 Å². The van der Waals surface area contributed by atoms with E-state index in [0.717, 1.165) is 19.2 Å². The van der Waals surface area contributed by atoms with Gasteiger partial charge in [0.2, 0.25) is 5.91 Å². The molecule has 0 unspecified atom stereocenters. The second-order valence-corrected chi connectivity index (χ2v) is 5.43. The summed E-state index contributed by atoms with van der Waals surface area (Å²) in [5, 5.41) is 2.44. The third-order valence-electron chi connectivity index (χ3n) is 3.44. The lowest BCUT2D eigenvalue weighted by Gasteiger charge is -2.17. The Morgan fingerprint density at radius 3 is 2.24 bits per heavy atom. The van der Waals surface area contributed by atoms with Gasteiger partial charge in [0.05, 0.1) is 13.5 Å². The van der Waals surface area contributed by atoms with E-state index >= 15 is 0 Å². The smallest absolute Gasteiger partial charge is 0.328 e. The van der Waals surface area contributed by atoms with Crippen LogP contribution in [0, 0.1) is 17.5 Å². The molecule has 0 aliphatic rings. The van der Waals surface area contributed by atoms with Gasteiger partial charge < -0.3 is 10.1 Å². The van der Waals surface area contributed by atoms with Crippen molar-refractivity contribution in [3.8, 4) is 0 Å². The van der Waals surface area contributed by atoms with Crippen molar-refractivity contribution in [1.82, 2.24) is 5.32 Å². The lowest BCUT2D eigenvalue weighted by molar-refractivity contribution is -0.145. The van der Waals surface area contributed by atoms with Gasteiger partial charge in [0.15, 0.2) is 0 Å². The van der Waals surface area contributed by atoms with Crippen molar-refractivity contribution < 1.29 is 27.5 Å². The lowest BCUT2D eigenvalue weighted by Crippen LogP contribution is -2.43. The van der Waals surface area contributed by atoms with Gasteiger partial charge in [-0.15, -0.1) is 0 Å². The monoisotopic (exact) mass is 351 g/mol. The molecule has 1 N–H and O–H groups in total. The zero-order chi connectivity index (χ0) is 18.4. The van der Waals surface area contributed by atoms with E-state index in [4.69, 9.17) is 0 Å². The average molecular weight is 351 g/mol. The van der Waals surface area contributed by atoms with Gasteiger partial charge in [-0.25, -0.2) is 18.0 Å². The van der Waals surface area contributed by atoms with Crippen molar-refractivity contribution >= 4 is 11.9 Å². The molecule has 0 radical (unpaired) electrons. The summed E-state index contributed by atoms with van der Waals surface area (Å²) < 4.78 is 44.2. The zero-order valence-electron chi connectivity index (χ0n) is 13.4. The van der Waals surface area contributed by atoms with Gasteiger partial charge in [0, 0.05) is 12.5 Å². The van der Waals surface area contributed by atoms with E-state index < -0.39 is 35.4 Å². The second kappa shape index (κ2) is 8.32. The highest BCUT2D eigenvalue weighted by Crippen LogP contribution is 2.10. The number of hydrogen-bond donors (Lipinski definition) is 1. The van der Waals surface area contributed by atoms with Crippen LogP contribution in [0.5, 0.6) is 0 Å². The Bertz CT molecular complexity index is 760. The van der Waals surface area contributed by atoms with Crippen LogP contribution in [0.1, 0.15) is 11.1 Å². The Kier molecular flexibility index (Phi) is 6.16. The fourth-order valence-electron chi connectivity index (χ4n) is 2.38. The van der Waals surface area contributed by atoms with Crippen LogP contribution in [0.3, 0.4) is 0 Å². The minimum Gasteiger partial charge on any atom is -0.467 e. The molecule has 0 aliphatic heterocycles. The van der Waals surface area contributed by atoms with Crippen molar-refractivity contribution in [3.05, 3.63) is 71.0 Å². The van der Waals surface area contributed by atoms with Crippen LogP contribution in [-0.4, -0.2) is 25.0 Å². The number of halogens is 3. The molecule has 7 heteroatoms. The zero-order valence-corrected chi connectivity index (χ0v) is 13.4. The van der Waals surface area contributed by atoms with Gasteiger partial charge in [-0.1, -0.05) is 12.1 Å². The third-order valence-corrected chi connectivity index (χ3v) is 3.44. The van der Waals surface area contributed by atoms with E-state index in [0.29, 0.717) is 11.6 Å². The number of nitrogens with one attached hydrogen (secondary N) is 1. The molecule has 0 fully saturated rings. The number of benzene rings is 2. The standard InChI is InChI=1S/C18H16F3NO3/c1-25-18(24)16(8-11-3-2-4-13(19)5-11)22-17(23)9-12-6-14(20)10-15(21)7-12/h2-7,10,16H,8-9H2,1H3,(H,22,23)/t16-/m0/s1. The Morgan fingerprint density at radius 1 is 1.00 bits per heavy atom. The van der Waals surface area contributed by atoms with Crippen LogP contribution in [0.4, 0.5) is 13.2 Å². The normalized spacial score (nSPS) is 11.7. The van der Waals surface area contributed by atoms with Gasteiger partial charge in [-0.3, -0.25) is 4.79 Å². The van der Waals surface area contributed by atoms with Gasteiger partial charge in [-0.05, 0) is 35.4 Å². The van der Waals surface area contributed by atoms with E-state index in [1.807, 2.05) is 0 Å². The first-order valence-electron chi connectivity index (χ1n) is 7.44. The number of carbonyl (C=O) groups is 2. The molecule has 25 heavy (non-hydrogen) atoms. The number of hydrogen-bond acceptors (Lipinski definition) is 3. The third kappa shape index (κ3) is 5.63. The molecule has 0 saturated carbocycles. The Hall–Kier alpha value is -2.83. The maximum Gasteiger partial charge on any atom is 0.328 e. The van der Waals surface area contributed by atoms with E-state index in [1.165, 1.54) is 18.2 Å². The number of esters is 1. The van der Waals surface area contributed by atoms with E-state index in [1.54, 1.807) is 6.07 Å². The SMILES string of the molecule is COC(=O)[C@H](Cc1cccc(F)c1)NC(=O)Cc1cc(F)cc(F)c1. The Labute approximate surface area is 142 Å². The highest BCUT2D eigenvalue weighted by Gasteiger charge is 2.22. The van der Waals surface area contributed by atoms with E-state index in [-0.39, 0.29) is 18.4 Å². The molecule has 4 nitrogen and oxygen atoms in total. The predicted molar refractivity (Wildman–Crippen MR) is 84.1 cm³/mol. The second-order valence-electron chi connectivity index (χ2n) is 5.43. The van der Waals surface area contributed by atoms with Crippen molar-refractivity contribution in [2.24, 2.45) is 0 Å². The van der Waals surface area contributed by atoms with Crippen LogP contribution in [0.15, 0.2) is 42.5 Å². The van der Waals surface area contributed by atoms with Crippen LogP contribution in [-0.2, 0) is 27.2 Å². The minimum atomic E-state index is -1.04. The highest BCUT2D eigenvalue weighted by molar-refractivity contribution is 5.85. The number of ether oxygens (including phenoxy) is 1. The van der Waals surface area contributed by atoms with Crippen LogP contribution < -0.4 is 5.32 Å². The molecule has 2 aromatic carbocycles. The molecule has 0 aliphatic carbocycles. The maximum atomic E-state index is 13.3. The molecule has 0 bridgehead atoms. The maximum absolute atomic E-state index is 13.3. The highest BCUT2D eigenvalue weighted by atomic mass is 19.1. The van der Waals surface area contributed by atoms with E-state index in [9.17, 15) is 22.8 Å². The first-order valence-corrected chi connectivity index (χ1v) is 7.44. The van der Waals surface area contributed by atoms with E-state index in [2.05, 4.69) is 10.1 Å². The number of methoxy groups -OCH3 is 1. The first-order chi connectivity index (χ1) is 11.9. The van der Waals surface area contributed by atoms with Gasteiger partial charge >= 0.3 is 5.97 Å². The summed E-state index contributed by atoms with van der Waals surface area (Å²) in [6.07, 6.45) is -0.293. The first kappa shape index (κ1) is 18.5. The quantitative estimate of drug-likeness (QED) is 0.814. The molecule has 0 heterocycles. The Balaban J connectivity index is 2.08. The van der Waals surface area contributed by atoms with Crippen molar-refractivity contribution in [3.63, 3.8) is 0 Å². The summed E-state index contributed by atoms with van der Waals surface area (Å²) in [6, 6.07) is 7.30. The van der Waals surface area contributed by atoms with Gasteiger partial charge in [0.25, 0.3) is 0 Å². The summed E-state index contributed by atoms with van der Waals surface area (Å²) >= 11 is 0. The molecular weight excluding hydrogens is 335 g/mol. The largest absolute Gasteiger partial charge is 0.467 e. The fourth-order valence-corrected chi connectivity index (χ4v) is 2.38. The number of rotatable bonds is 6. The molecule has 1 amide bonds. The molecule has 2 aromatic rings. The molecule has 132 valence electrons. The molecule has 2 rings (SSSR count). The summed E-state index contributed by atoms with van der Waals surface area (Å²) in [5.41, 5.74) is 0.622. The molecule has 0 saturated heterocycles. The van der Waals surface area contributed by atoms with Gasteiger partial charge in [0.1, 0.15) is 23.5 Å². The summed E-state index contributed by atoms with van der Waals surface area (Å²) in [5.74, 6) is -3.39. The topological polar surface area (TPSA) is 55.4 Å². The van der Waals surface area contributed by atoms with Crippen LogP contribution in [0.2, 0.25) is 0 Å². The summed E-state index contributed by atoms with van der Waals surface area (Å²) in [7, 11) is 1.16. The van der Waals surface area contributed by atoms with Gasteiger partial charge in [-0.2, -0.15) is 0 Å². The minimum absolute atomic E-state index is 0.0215. The summed E-state index contributed by atoms with van der Waals surface area (Å²) in [4.78, 5) is 23.9.